The highest BCUT2D eigenvalue weighted by atomic mass is 35.5. The van der Waals surface area contributed by atoms with Gasteiger partial charge in [-0.25, -0.2) is 22.6 Å². The van der Waals surface area contributed by atoms with E-state index in [1.54, 1.807) is 42.5 Å². The van der Waals surface area contributed by atoms with E-state index < -0.39 is 27.1 Å². The zero-order chi connectivity index (χ0) is 30.0. The minimum Gasteiger partial charge on any atom is -0.336 e. The number of sulfonamides is 1. The Morgan fingerprint density at radius 1 is 0.952 bits per heavy atom. The van der Waals surface area contributed by atoms with E-state index >= 15 is 0 Å². The largest absolute Gasteiger partial charge is 0.336 e. The van der Waals surface area contributed by atoms with Crippen LogP contribution in [-0.2, 0) is 29.5 Å². The average molecular weight is 631 g/mol. The fourth-order valence-electron chi connectivity index (χ4n) is 4.58. The third-order valence-corrected chi connectivity index (χ3v) is 9.03. The van der Waals surface area contributed by atoms with Crippen LogP contribution in [0.1, 0.15) is 36.7 Å². The van der Waals surface area contributed by atoms with Crippen LogP contribution in [0.5, 0.6) is 0 Å². The third-order valence-electron chi connectivity index (χ3n) is 6.70. The molecule has 5 rings (SSSR count). The topological polar surface area (TPSA) is 119 Å². The highest BCUT2D eigenvalue weighted by Gasteiger charge is 2.22. The van der Waals surface area contributed by atoms with Crippen molar-refractivity contribution in [1.82, 2.24) is 19.1 Å². The van der Waals surface area contributed by atoms with E-state index in [1.165, 1.54) is 28.8 Å². The van der Waals surface area contributed by atoms with Crippen LogP contribution >= 0.6 is 23.2 Å². The van der Waals surface area contributed by atoms with Gasteiger partial charge in [-0.1, -0.05) is 72.9 Å². The summed E-state index contributed by atoms with van der Waals surface area (Å²) in [4.78, 5) is 34.1. The maximum absolute atomic E-state index is 14.3. The Labute approximate surface area is 250 Å². The fourth-order valence-corrected chi connectivity index (χ4v) is 6.79. The van der Waals surface area contributed by atoms with Crippen molar-refractivity contribution in [3.05, 3.63) is 120 Å². The maximum atomic E-state index is 14.3. The van der Waals surface area contributed by atoms with Crippen molar-refractivity contribution in [3.8, 4) is 0 Å². The molecule has 2 aromatic heterocycles. The van der Waals surface area contributed by atoms with Crippen molar-refractivity contribution in [1.29, 1.82) is 0 Å². The standard InChI is InChI=1S/C29H26Cl2FN5O4S/c1-2-3-15-36-27-25(28(38)37(29(36)39)17-19-7-4-5-10-23(19)32)33-24(34-27)16-18-11-13-20(14-12-18)35-42(40,41)26-21(30)8-6-9-22(26)31/h4-14,35H,2-3,15-17H2,1H3,(H,33,34). The first-order valence-corrected chi connectivity index (χ1v) is 15.3. The van der Waals surface area contributed by atoms with Crippen LogP contribution in [0, 0.1) is 5.82 Å². The number of halogens is 3. The first-order valence-electron chi connectivity index (χ1n) is 13.1. The van der Waals surface area contributed by atoms with E-state index in [1.807, 2.05) is 6.92 Å². The lowest BCUT2D eigenvalue weighted by Gasteiger charge is -2.11. The zero-order valence-electron chi connectivity index (χ0n) is 22.4. The molecule has 0 aliphatic carbocycles. The maximum Gasteiger partial charge on any atom is 0.333 e. The molecule has 0 radical (unpaired) electrons. The SMILES string of the molecule is CCCCn1c(=O)n(Cc2ccccc2F)c(=O)c2[nH]c(Cc3ccc(NS(=O)(=O)c4c(Cl)cccc4Cl)cc3)nc21. The summed E-state index contributed by atoms with van der Waals surface area (Å²) in [5, 5.41) is 0.00349. The lowest BCUT2D eigenvalue weighted by Crippen LogP contribution is -2.40. The molecule has 2 N–H and O–H groups in total. The number of imidazole rings is 1. The van der Waals surface area contributed by atoms with Gasteiger partial charge in [-0.05, 0) is 42.3 Å². The lowest BCUT2D eigenvalue weighted by molar-refractivity contribution is 0.553. The molecule has 0 aliphatic rings. The Bertz CT molecular complexity index is 1980. The van der Waals surface area contributed by atoms with Crippen LogP contribution < -0.4 is 16.0 Å². The van der Waals surface area contributed by atoms with Gasteiger partial charge in [-0.2, -0.15) is 0 Å². The van der Waals surface area contributed by atoms with Gasteiger partial charge in [0, 0.05) is 24.2 Å². The molecule has 0 unspecified atom stereocenters. The highest BCUT2D eigenvalue weighted by molar-refractivity contribution is 7.93. The van der Waals surface area contributed by atoms with E-state index in [4.69, 9.17) is 23.2 Å². The molecular weight excluding hydrogens is 604 g/mol. The number of unbranched alkanes of at least 4 members (excludes halogenated alkanes) is 1. The van der Waals surface area contributed by atoms with E-state index in [0.29, 0.717) is 24.5 Å². The van der Waals surface area contributed by atoms with Gasteiger partial charge in [0.2, 0.25) is 0 Å². The minimum atomic E-state index is -4.04. The number of aryl methyl sites for hydroxylation is 1. The van der Waals surface area contributed by atoms with E-state index in [9.17, 15) is 22.4 Å². The summed E-state index contributed by atoms with van der Waals surface area (Å²) in [6, 6.07) is 17.0. The van der Waals surface area contributed by atoms with Gasteiger partial charge in [0.25, 0.3) is 15.6 Å². The molecular formula is C29H26Cl2FN5O4S. The molecule has 0 atom stereocenters. The minimum absolute atomic E-state index is 0.00174. The number of aromatic nitrogens is 4. The Balaban J connectivity index is 1.44. The number of nitrogens with one attached hydrogen (secondary N) is 2. The number of nitrogens with zero attached hydrogens (tertiary/aromatic N) is 3. The Kier molecular flexibility index (Phi) is 8.53. The predicted molar refractivity (Wildman–Crippen MR) is 162 cm³/mol. The normalized spacial score (nSPS) is 11.7. The fraction of sp³-hybridized carbons (Fsp3) is 0.207. The van der Waals surface area contributed by atoms with Gasteiger partial charge in [-0.15, -0.1) is 0 Å². The molecule has 13 heteroatoms. The predicted octanol–water partition coefficient (Wildman–Crippen LogP) is 5.57. The summed E-state index contributed by atoms with van der Waals surface area (Å²) in [6.07, 6.45) is 1.77. The average Bonchev–Trinajstić information content (AvgIpc) is 3.36. The molecule has 0 bridgehead atoms. The molecule has 2 heterocycles. The van der Waals surface area contributed by atoms with E-state index in [0.717, 1.165) is 16.6 Å². The number of aromatic amines is 1. The summed E-state index contributed by atoms with van der Waals surface area (Å²) in [6.45, 7) is 2.12. The number of fused-ring (bicyclic) bond motifs is 1. The monoisotopic (exact) mass is 629 g/mol. The first-order chi connectivity index (χ1) is 20.1. The van der Waals surface area contributed by atoms with Gasteiger partial charge in [0.1, 0.15) is 22.1 Å². The van der Waals surface area contributed by atoms with Crippen LogP contribution in [0.3, 0.4) is 0 Å². The summed E-state index contributed by atoms with van der Waals surface area (Å²) in [5.41, 5.74) is 0.526. The van der Waals surface area contributed by atoms with Crippen molar-refractivity contribution in [2.75, 3.05) is 4.72 Å². The van der Waals surface area contributed by atoms with Crippen molar-refractivity contribution in [2.24, 2.45) is 0 Å². The summed E-state index contributed by atoms with van der Waals surface area (Å²) < 4.78 is 45.0. The van der Waals surface area contributed by atoms with E-state index in [-0.39, 0.29) is 44.6 Å². The van der Waals surface area contributed by atoms with Crippen LogP contribution in [0.4, 0.5) is 10.1 Å². The molecule has 0 saturated heterocycles. The van der Waals surface area contributed by atoms with Crippen LogP contribution in [0.25, 0.3) is 11.2 Å². The Morgan fingerprint density at radius 2 is 1.64 bits per heavy atom. The zero-order valence-corrected chi connectivity index (χ0v) is 24.7. The van der Waals surface area contributed by atoms with Crippen molar-refractivity contribution in [2.45, 2.75) is 44.2 Å². The van der Waals surface area contributed by atoms with Gasteiger partial charge in [0.05, 0.1) is 16.6 Å². The summed E-state index contributed by atoms with van der Waals surface area (Å²) in [5.74, 6) is -0.0680. The highest BCUT2D eigenvalue weighted by Crippen LogP contribution is 2.30. The number of anilines is 1. The van der Waals surface area contributed by atoms with Gasteiger partial charge >= 0.3 is 5.69 Å². The lowest BCUT2D eigenvalue weighted by atomic mass is 10.1. The quantitative estimate of drug-likeness (QED) is 0.209. The molecule has 218 valence electrons. The van der Waals surface area contributed by atoms with Crippen molar-refractivity contribution in [3.63, 3.8) is 0 Å². The molecule has 0 aliphatic heterocycles. The molecule has 42 heavy (non-hydrogen) atoms. The van der Waals surface area contributed by atoms with Crippen LogP contribution in [0.2, 0.25) is 10.0 Å². The van der Waals surface area contributed by atoms with Gasteiger partial charge in [0.15, 0.2) is 5.65 Å². The Hall–Kier alpha value is -3.93. The molecule has 0 spiro atoms. The van der Waals surface area contributed by atoms with Crippen molar-refractivity contribution < 1.29 is 12.8 Å². The van der Waals surface area contributed by atoms with E-state index in [2.05, 4.69) is 14.7 Å². The van der Waals surface area contributed by atoms with Crippen LogP contribution in [0.15, 0.2) is 81.2 Å². The Morgan fingerprint density at radius 3 is 2.31 bits per heavy atom. The number of benzene rings is 3. The molecule has 3 aromatic carbocycles. The molecule has 0 saturated carbocycles. The smallest absolute Gasteiger partial charge is 0.333 e. The molecule has 0 amide bonds. The second-order valence-electron chi connectivity index (χ2n) is 9.68. The van der Waals surface area contributed by atoms with Gasteiger partial charge in [-0.3, -0.25) is 18.7 Å². The number of hydrogen-bond donors (Lipinski definition) is 2. The molecule has 5 aromatic rings. The molecule has 9 nitrogen and oxygen atoms in total. The number of H-pyrrole nitrogens is 1. The summed E-state index contributed by atoms with van der Waals surface area (Å²) >= 11 is 12.1. The van der Waals surface area contributed by atoms with Gasteiger partial charge < -0.3 is 4.98 Å². The second kappa shape index (κ2) is 12.1. The second-order valence-corrected chi connectivity index (χ2v) is 12.1. The number of rotatable bonds is 10. The third kappa shape index (κ3) is 5.99. The van der Waals surface area contributed by atoms with Crippen LogP contribution in [-0.4, -0.2) is 27.5 Å². The first kappa shape index (κ1) is 29.6. The van der Waals surface area contributed by atoms with Crippen molar-refractivity contribution >= 4 is 50.1 Å². The summed E-state index contributed by atoms with van der Waals surface area (Å²) in [7, 11) is -4.04. The molecule has 0 fully saturated rings. The number of hydrogen-bond acceptors (Lipinski definition) is 5.